The molecule has 0 radical (unpaired) electrons. The van der Waals surface area contributed by atoms with Crippen LogP contribution in [-0.2, 0) is 6.18 Å². The zero-order valence-corrected chi connectivity index (χ0v) is 9.78. The normalized spacial score (nSPS) is 11.4. The molecule has 0 saturated carbocycles. The van der Waals surface area contributed by atoms with Crippen LogP contribution in [0.4, 0.5) is 17.6 Å². The van der Waals surface area contributed by atoms with Gasteiger partial charge in [0.15, 0.2) is 11.5 Å². The van der Waals surface area contributed by atoms with Gasteiger partial charge in [-0.1, -0.05) is 12.1 Å². The summed E-state index contributed by atoms with van der Waals surface area (Å²) >= 11 is 0. The molecule has 0 fully saturated rings. The van der Waals surface area contributed by atoms with Crippen LogP contribution in [0.15, 0.2) is 36.4 Å². The Morgan fingerprint density at radius 3 is 2.15 bits per heavy atom. The summed E-state index contributed by atoms with van der Waals surface area (Å²) in [4.78, 5) is 14.3. The van der Waals surface area contributed by atoms with Crippen molar-refractivity contribution in [3.8, 4) is 11.3 Å². The number of benzene rings is 1. The minimum atomic E-state index is -4.46. The van der Waals surface area contributed by atoms with Crippen LogP contribution < -0.4 is 0 Å². The molecule has 2 rings (SSSR count). The maximum atomic E-state index is 13.2. The molecule has 0 aliphatic carbocycles. The summed E-state index contributed by atoms with van der Waals surface area (Å²) in [5.74, 6) is -2.55. The summed E-state index contributed by atoms with van der Waals surface area (Å²) < 4.78 is 50.4. The van der Waals surface area contributed by atoms with Gasteiger partial charge in [0.25, 0.3) is 0 Å². The van der Waals surface area contributed by atoms with Crippen LogP contribution >= 0.6 is 0 Å². The standard InChI is InChI=1S/C13H7F4NO2/c14-9-5-6-10(18-11(9)12(19)20)7-1-3-8(4-2-7)13(15,16)17/h1-6H,(H,19,20). The number of halogens is 4. The third-order valence-corrected chi connectivity index (χ3v) is 2.56. The Hall–Kier alpha value is -2.44. The molecule has 104 valence electrons. The van der Waals surface area contributed by atoms with E-state index in [2.05, 4.69) is 4.98 Å². The molecule has 1 aromatic carbocycles. The molecule has 1 N–H and O–H groups in total. The van der Waals surface area contributed by atoms with Crippen molar-refractivity contribution in [1.82, 2.24) is 4.98 Å². The summed E-state index contributed by atoms with van der Waals surface area (Å²) in [6.45, 7) is 0. The van der Waals surface area contributed by atoms with Crippen molar-refractivity contribution >= 4 is 5.97 Å². The molecule has 20 heavy (non-hydrogen) atoms. The molecule has 3 nitrogen and oxygen atoms in total. The number of carboxylic acids is 1. The SMILES string of the molecule is O=C(O)c1nc(-c2ccc(C(F)(F)F)cc2)ccc1F. The largest absolute Gasteiger partial charge is 0.476 e. The van der Waals surface area contributed by atoms with Gasteiger partial charge in [-0.3, -0.25) is 0 Å². The highest BCUT2D eigenvalue weighted by molar-refractivity contribution is 5.86. The van der Waals surface area contributed by atoms with Gasteiger partial charge in [0.2, 0.25) is 0 Å². The van der Waals surface area contributed by atoms with E-state index in [0.717, 1.165) is 30.3 Å². The number of nitrogens with zero attached hydrogens (tertiary/aromatic N) is 1. The molecule has 2 aromatic rings. The van der Waals surface area contributed by atoms with Crippen molar-refractivity contribution in [2.45, 2.75) is 6.18 Å². The number of alkyl halides is 3. The van der Waals surface area contributed by atoms with Crippen molar-refractivity contribution in [2.24, 2.45) is 0 Å². The van der Waals surface area contributed by atoms with E-state index in [9.17, 15) is 22.4 Å². The van der Waals surface area contributed by atoms with Crippen LogP contribution in [0.25, 0.3) is 11.3 Å². The van der Waals surface area contributed by atoms with Gasteiger partial charge in [-0.2, -0.15) is 13.2 Å². The minimum Gasteiger partial charge on any atom is -0.476 e. The van der Waals surface area contributed by atoms with Crippen molar-refractivity contribution in [3.63, 3.8) is 0 Å². The molecule has 0 unspecified atom stereocenters. The van der Waals surface area contributed by atoms with Crippen molar-refractivity contribution < 1.29 is 27.5 Å². The molecule has 0 atom stereocenters. The van der Waals surface area contributed by atoms with Crippen LogP contribution in [0, 0.1) is 5.82 Å². The number of aromatic nitrogens is 1. The molecular formula is C13H7F4NO2. The monoisotopic (exact) mass is 285 g/mol. The second kappa shape index (κ2) is 4.92. The Bertz CT molecular complexity index is 650. The zero-order valence-electron chi connectivity index (χ0n) is 9.78. The van der Waals surface area contributed by atoms with Gasteiger partial charge in [-0.15, -0.1) is 0 Å². The van der Waals surface area contributed by atoms with Gasteiger partial charge in [0, 0.05) is 5.56 Å². The van der Waals surface area contributed by atoms with Crippen LogP contribution in [0.1, 0.15) is 16.1 Å². The molecule has 0 saturated heterocycles. The van der Waals surface area contributed by atoms with Crippen LogP contribution in [0.3, 0.4) is 0 Å². The third kappa shape index (κ3) is 2.76. The Labute approximate surface area is 110 Å². The summed E-state index contributed by atoms with van der Waals surface area (Å²) in [6, 6.07) is 6.10. The van der Waals surface area contributed by atoms with Gasteiger partial charge < -0.3 is 5.11 Å². The number of hydrogen-bond donors (Lipinski definition) is 1. The van der Waals surface area contributed by atoms with E-state index in [1.54, 1.807) is 0 Å². The van der Waals surface area contributed by atoms with Gasteiger partial charge in [-0.05, 0) is 24.3 Å². The van der Waals surface area contributed by atoms with E-state index in [4.69, 9.17) is 5.11 Å². The van der Waals surface area contributed by atoms with Gasteiger partial charge in [0.1, 0.15) is 0 Å². The van der Waals surface area contributed by atoms with E-state index < -0.39 is 29.2 Å². The fraction of sp³-hybridized carbons (Fsp3) is 0.0769. The lowest BCUT2D eigenvalue weighted by atomic mass is 10.1. The maximum Gasteiger partial charge on any atom is 0.416 e. The molecule has 0 aliphatic heterocycles. The first-order valence-corrected chi connectivity index (χ1v) is 5.36. The molecule has 0 amide bonds. The van der Waals surface area contributed by atoms with Crippen LogP contribution in [-0.4, -0.2) is 16.1 Å². The second-order valence-electron chi connectivity index (χ2n) is 3.91. The highest BCUT2D eigenvalue weighted by Crippen LogP contribution is 2.30. The predicted molar refractivity (Wildman–Crippen MR) is 61.6 cm³/mol. The Balaban J connectivity index is 2.42. The average molecular weight is 285 g/mol. The first kappa shape index (κ1) is 14.0. The van der Waals surface area contributed by atoms with E-state index >= 15 is 0 Å². The maximum absolute atomic E-state index is 13.2. The molecule has 0 bridgehead atoms. The van der Waals surface area contributed by atoms with E-state index in [1.165, 1.54) is 6.07 Å². The first-order valence-electron chi connectivity index (χ1n) is 5.36. The molecule has 1 aromatic heterocycles. The Morgan fingerprint density at radius 1 is 1.05 bits per heavy atom. The number of rotatable bonds is 2. The summed E-state index contributed by atoms with van der Waals surface area (Å²) in [5.41, 5.74) is -1.26. The van der Waals surface area contributed by atoms with Crippen LogP contribution in [0.5, 0.6) is 0 Å². The molecular weight excluding hydrogens is 278 g/mol. The fourth-order valence-corrected chi connectivity index (χ4v) is 1.58. The number of aromatic carboxylic acids is 1. The average Bonchev–Trinajstić information content (AvgIpc) is 2.38. The lowest BCUT2D eigenvalue weighted by molar-refractivity contribution is -0.137. The predicted octanol–water partition coefficient (Wildman–Crippen LogP) is 3.60. The first-order chi connectivity index (χ1) is 9.29. The highest BCUT2D eigenvalue weighted by Gasteiger charge is 2.30. The fourth-order valence-electron chi connectivity index (χ4n) is 1.58. The van der Waals surface area contributed by atoms with E-state index in [0.29, 0.717) is 0 Å². The quantitative estimate of drug-likeness (QED) is 0.858. The van der Waals surface area contributed by atoms with Gasteiger partial charge in [-0.25, -0.2) is 14.2 Å². The number of carboxylic acid groups (broad SMARTS) is 1. The number of carbonyl (C=O) groups is 1. The third-order valence-electron chi connectivity index (χ3n) is 2.56. The second-order valence-corrected chi connectivity index (χ2v) is 3.91. The molecule has 0 spiro atoms. The van der Waals surface area contributed by atoms with Gasteiger partial charge in [0.05, 0.1) is 11.3 Å². The summed E-state index contributed by atoms with van der Waals surface area (Å²) in [7, 11) is 0. The summed E-state index contributed by atoms with van der Waals surface area (Å²) in [6.07, 6.45) is -4.46. The van der Waals surface area contributed by atoms with Gasteiger partial charge >= 0.3 is 12.1 Å². The zero-order chi connectivity index (χ0) is 14.9. The molecule has 7 heteroatoms. The smallest absolute Gasteiger partial charge is 0.416 e. The lowest BCUT2D eigenvalue weighted by Gasteiger charge is -2.08. The molecule has 0 aliphatic rings. The van der Waals surface area contributed by atoms with Crippen molar-refractivity contribution in [1.29, 1.82) is 0 Å². The van der Waals surface area contributed by atoms with Crippen LogP contribution in [0.2, 0.25) is 0 Å². The number of hydrogen-bond acceptors (Lipinski definition) is 2. The van der Waals surface area contributed by atoms with Crippen molar-refractivity contribution in [2.75, 3.05) is 0 Å². The molecule has 1 heterocycles. The minimum absolute atomic E-state index is 0.0810. The summed E-state index contributed by atoms with van der Waals surface area (Å²) in [5, 5.41) is 8.74. The highest BCUT2D eigenvalue weighted by atomic mass is 19.4. The van der Waals surface area contributed by atoms with E-state index in [1.807, 2.05) is 0 Å². The lowest BCUT2D eigenvalue weighted by Crippen LogP contribution is -2.06. The Kier molecular flexibility index (Phi) is 3.44. The Morgan fingerprint density at radius 2 is 1.65 bits per heavy atom. The van der Waals surface area contributed by atoms with Crippen molar-refractivity contribution in [3.05, 3.63) is 53.5 Å². The van der Waals surface area contributed by atoms with E-state index in [-0.39, 0.29) is 11.3 Å². The number of pyridine rings is 1. The topological polar surface area (TPSA) is 50.2 Å².